The van der Waals surface area contributed by atoms with Gasteiger partial charge in [0.1, 0.15) is 11.6 Å². The molecule has 4 heteroatoms. The quantitative estimate of drug-likeness (QED) is 0.556. The summed E-state index contributed by atoms with van der Waals surface area (Å²) in [6.07, 6.45) is 0. The van der Waals surface area contributed by atoms with E-state index in [1.165, 1.54) is 5.56 Å². The first kappa shape index (κ1) is 11.4. The molecule has 4 nitrogen and oxygen atoms in total. The smallest absolute Gasteiger partial charge is 0.142 e. The average Bonchev–Trinajstić information content (AvgIpc) is 2.40. The first-order chi connectivity index (χ1) is 8.29. The topological polar surface area (TPSA) is 63.0 Å². The first-order valence-electron chi connectivity index (χ1n) is 5.55. The van der Waals surface area contributed by atoms with Crippen LogP contribution < -0.4 is 16.6 Å². The van der Waals surface area contributed by atoms with Crippen LogP contribution >= 0.6 is 0 Å². The summed E-state index contributed by atoms with van der Waals surface area (Å²) in [5.74, 6) is 6.77. The van der Waals surface area contributed by atoms with Gasteiger partial charge in [0.05, 0.1) is 0 Å². The zero-order valence-corrected chi connectivity index (χ0v) is 9.72. The minimum absolute atomic E-state index is 0.205. The molecule has 0 fully saturated rings. The van der Waals surface area contributed by atoms with Gasteiger partial charge in [-0.25, -0.2) is 10.8 Å². The Morgan fingerprint density at radius 2 is 1.71 bits per heavy atom. The molecule has 2 rings (SSSR count). The highest BCUT2D eigenvalue weighted by atomic mass is 15.3. The minimum atomic E-state index is 0.205. The second kappa shape index (κ2) is 5.32. The highest BCUT2D eigenvalue weighted by molar-refractivity contribution is 5.45. The number of rotatable bonds is 4. The van der Waals surface area contributed by atoms with Gasteiger partial charge in [0, 0.05) is 6.04 Å². The number of nitrogens with zero attached hydrogens (tertiary/aromatic N) is 1. The van der Waals surface area contributed by atoms with Crippen LogP contribution in [0.4, 0.5) is 11.6 Å². The zero-order chi connectivity index (χ0) is 12.1. The molecule has 17 heavy (non-hydrogen) atoms. The van der Waals surface area contributed by atoms with Crippen LogP contribution in [-0.4, -0.2) is 4.98 Å². The summed E-state index contributed by atoms with van der Waals surface area (Å²) in [6.45, 7) is 2.10. The van der Waals surface area contributed by atoms with Gasteiger partial charge >= 0.3 is 0 Å². The van der Waals surface area contributed by atoms with E-state index in [2.05, 4.69) is 34.8 Å². The van der Waals surface area contributed by atoms with Crippen LogP contribution in [0.2, 0.25) is 0 Å². The van der Waals surface area contributed by atoms with Crippen molar-refractivity contribution >= 4 is 11.6 Å². The Kier molecular flexibility index (Phi) is 3.57. The molecule has 0 radical (unpaired) electrons. The normalized spacial score (nSPS) is 11.9. The van der Waals surface area contributed by atoms with E-state index in [-0.39, 0.29) is 6.04 Å². The number of nitrogen functional groups attached to an aromatic ring is 1. The van der Waals surface area contributed by atoms with Gasteiger partial charge in [0.2, 0.25) is 0 Å². The second-order valence-corrected chi connectivity index (χ2v) is 3.83. The molecule has 0 aliphatic rings. The summed E-state index contributed by atoms with van der Waals surface area (Å²) in [5.41, 5.74) is 3.75. The van der Waals surface area contributed by atoms with Gasteiger partial charge in [0.25, 0.3) is 0 Å². The summed E-state index contributed by atoms with van der Waals surface area (Å²) < 4.78 is 0. The summed E-state index contributed by atoms with van der Waals surface area (Å²) in [6, 6.07) is 16.1. The number of benzene rings is 1. The maximum atomic E-state index is 5.32. The van der Waals surface area contributed by atoms with Crippen LogP contribution in [0.3, 0.4) is 0 Å². The van der Waals surface area contributed by atoms with E-state index in [0.717, 1.165) is 5.82 Å². The SMILES string of the molecule is CC(Nc1cccc(NN)n1)c1ccccc1. The lowest BCUT2D eigenvalue weighted by molar-refractivity contribution is 0.875. The Labute approximate surface area is 101 Å². The first-order valence-corrected chi connectivity index (χ1v) is 5.55. The van der Waals surface area contributed by atoms with E-state index < -0.39 is 0 Å². The molecule has 0 saturated carbocycles. The number of hydrogen-bond donors (Lipinski definition) is 3. The fraction of sp³-hybridized carbons (Fsp3) is 0.154. The number of hydrazine groups is 1. The highest BCUT2D eigenvalue weighted by Crippen LogP contribution is 2.18. The Morgan fingerprint density at radius 1 is 1.00 bits per heavy atom. The van der Waals surface area contributed by atoms with Crippen LogP contribution in [-0.2, 0) is 0 Å². The maximum absolute atomic E-state index is 5.32. The number of pyridine rings is 1. The van der Waals surface area contributed by atoms with Gasteiger partial charge in [-0.2, -0.15) is 0 Å². The van der Waals surface area contributed by atoms with Crippen molar-refractivity contribution in [3.63, 3.8) is 0 Å². The third-order valence-corrected chi connectivity index (χ3v) is 2.56. The van der Waals surface area contributed by atoms with Crippen molar-refractivity contribution in [2.75, 3.05) is 10.7 Å². The molecule has 2 aromatic rings. The number of anilines is 2. The molecular weight excluding hydrogens is 212 g/mol. The third-order valence-electron chi connectivity index (χ3n) is 2.56. The fourth-order valence-corrected chi connectivity index (χ4v) is 1.64. The molecule has 1 unspecified atom stereocenters. The minimum Gasteiger partial charge on any atom is -0.363 e. The molecule has 0 aliphatic carbocycles. The van der Waals surface area contributed by atoms with E-state index in [1.54, 1.807) is 0 Å². The summed E-state index contributed by atoms with van der Waals surface area (Å²) in [4.78, 5) is 4.31. The van der Waals surface area contributed by atoms with E-state index in [9.17, 15) is 0 Å². The van der Waals surface area contributed by atoms with Crippen LogP contribution in [0.25, 0.3) is 0 Å². The molecule has 0 spiro atoms. The Morgan fingerprint density at radius 3 is 2.41 bits per heavy atom. The molecular formula is C13H16N4. The monoisotopic (exact) mass is 228 g/mol. The lowest BCUT2D eigenvalue weighted by Gasteiger charge is -2.15. The van der Waals surface area contributed by atoms with Gasteiger partial charge in [-0.15, -0.1) is 0 Å². The molecule has 0 bridgehead atoms. The van der Waals surface area contributed by atoms with Crippen molar-refractivity contribution in [2.45, 2.75) is 13.0 Å². The van der Waals surface area contributed by atoms with Crippen LogP contribution in [0.1, 0.15) is 18.5 Å². The van der Waals surface area contributed by atoms with Crippen molar-refractivity contribution in [1.29, 1.82) is 0 Å². The lowest BCUT2D eigenvalue weighted by atomic mass is 10.1. The summed E-state index contributed by atoms with van der Waals surface area (Å²) >= 11 is 0. The van der Waals surface area contributed by atoms with Crippen molar-refractivity contribution in [3.8, 4) is 0 Å². The average molecular weight is 228 g/mol. The van der Waals surface area contributed by atoms with Gasteiger partial charge in [-0.05, 0) is 24.6 Å². The number of aromatic nitrogens is 1. The Bertz CT molecular complexity index is 470. The number of hydrogen-bond acceptors (Lipinski definition) is 4. The molecule has 1 heterocycles. The standard InChI is InChI=1S/C13H16N4/c1-10(11-6-3-2-4-7-11)15-12-8-5-9-13(16-12)17-14/h2-10H,14H2,1H3,(H2,15,16,17). The van der Waals surface area contributed by atoms with Crippen molar-refractivity contribution < 1.29 is 0 Å². The van der Waals surface area contributed by atoms with Crippen LogP contribution in [0, 0.1) is 0 Å². The molecule has 0 saturated heterocycles. The van der Waals surface area contributed by atoms with Gasteiger partial charge < -0.3 is 10.7 Å². The van der Waals surface area contributed by atoms with E-state index >= 15 is 0 Å². The van der Waals surface area contributed by atoms with Gasteiger partial charge in [-0.1, -0.05) is 36.4 Å². The van der Waals surface area contributed by atoms with Crippen molar-refractivity contribution in [1.82, 2.24) is 4.98 Å². The predicted octanol–water partition coefficient (Wildman–Crippen LogP) is 2.54. The summed E-state index contributed by atoms with van der Waals surface area (Å²) in [5, 5.41) is 3.33. The van der Waals surface area contributed by atoms with Gasteiger partial charge in [-0.3, -0.25) is 0 Å². The molecule has 1 aromatic carbocycles. The molecule has 4 N–H and O–H groups in total. The molecule has 88 valence electrons. The van der Waals surface area contributed by atoms with Crippen molar-refractivity contribution in [2.24, 2.45) is 5.84 Å². The number of nitrogens with two attached hydrogens (primary N) is 1. The van der Waals surface area contributed by atoms with E-state index in [1.807, 2.05) is 36.4 Å². The second-order valence-electron chi connectivity index (χ2n) is 3.83. The zero-order valence-electron chi connectivity index (χ0n) is 9.72. The molecule has 1 atom stereocenters. The van der Waals surface area contributed by atoms with E-state index in [4.69, 9.17) is 5.84 Å². The third kappa shape index (κ3) is 2.95. The maximum Gasteiger partial charge on any atom is 0.142 e. The van der Waals surface area contributed by atoms with Gasteiger partial charge in [0.15, 0.2) is 0 Å². The molecule has 0 aliphatic heterocycles. The fourth-order valence-electron chi connectivity index (χ4n) is 1.64. The highest BCUT2D eigenvalue weighted by Gasteiger charge is 2.05. The lowest BCUT2D eigenvalue weighted by Crippen LogP contribution is -2.11. The van der Waals surface area contributed by atoms with Crippen molar-refractivity contribution in [3.05, 3.63) is 54.1 Å². The molecule has 0 amide bonds. The Hall–Kier alpha value is -2.07. The largest absolute Gasteiger partial charge is 0.363 e. The Balaban J connectivity index is 2.10. The summed E-state index contributed by atoms with van der Waals surface area (Å²) in [7, 11) is 0. The molecule has 1 aromatic heterocycles. The van der Waals surface area contributed by atoms with Crippen LogP contribution in [0.5, 0.6) is 0 Å². The van der Waals surface area contributed by atoms with Crippen LogP contribution in [0.15, 0.2) is 48.5 Å². The number of nitrogens with one attached hydrogen (secondary N) is 2. The predicted molar refractivity (Wildman–Crippen MR) is 70.5 cm³/mol. The van der Waals surface area contributed by atoms with E-state index in [0.29, 0.717) is 5.82 Å².